The molecule has 4 rings (SSSR count). The van der Waals surface area contributed by atoms with Gasteiger partial charge in [0.25, 0.3) is 0 Å². The van der Waals surface area contributed by atoms with Gasteiger partial charge in [-0.25, -0.2) is 4.98 Å². The number of hydrogen-bond acceptors (Lipinski definition) is 6. The van der Waals surface area contributed by atoms with E-state index in [-0.39, 0.29) is 12.3 Å². The number of carbonyl (C=O) groups excluding carboxylic acids is 1. The molecule has 1 N–H and O–H groups in total. The van der Waals surface area contributed by atoms with Crippen molar-refractivity contribution in [3.63, 3.8) is 0 Å². The minimum absolute atomic E-state index is 0.0559. The Hall–Kier alpha value is -2.80. The highest BCUT2D eigenvalue weighted by molar-refractivity contribution is 7.13. The zero-order chi connectivity index (χ0) is 19.9. The Morgan fingerprint density at radius 2 is 2.10 bits per heavy atom. The Bertz CT molecular complexity index is 939. The molecule has 0 spiro atoms. The molecule has 150 valence electrons. The lowest BCUT2D eigenvalue weighted by Gasteiger charge is -2.23. The quantitative estimate of drug-likeness (QED) is 0.635. The molecular weight excluding hydrogens is 384 g/mol. The third-order valence-corrected chi connectivity index (χ3v) is 5.83. The van der Waals surface area contributed by atoms with E-state index in [0.717, 1.165) is 40.6 Å². The van der Waals surface area contributed by atoms with E-state index >= 15 is 0 Å². The molecule has 1 aliphatic rings. The standard InChI is InChI=1S/C22H24N4O2S/c27-21(12-17-15-29-22(26-17)20-14-23-9-10-24-20)25-13-16-5-4-8-19(11-16)28-18-6-2-1-3-7-18/h4-5,8-11,14-15,18H,1-3,6-7,12-13H2,(H,25,27). The summed E-state index contributed by atoms with van der Waals surface area (Å²) < 4.78 is 6.11. The number of nitrogens with zero attached hydrogens (tertiary/aromatic N) is 3. The molecule has 0 atom stereocenters. The first-order valence-electron chi connectivity index (χ1n) is 9.99. The molecule has 0 aliphatic heterocycles. The zero-order valence-electron chi connectivity index (χ0n) is 16.2. The third-order valence-electron chi connectivity index (χ3n) is 4.92. The van der Waals surface area contributed by atoms with Gasteiger partial charge in [0.05, 0.1) is 24.4 Å². The monoisotopic (exact) mass is 408 g/mol. The van der Waals surface area contributed by atoms with Crippen LogP contribution in [0.1, 0.15) is 43.4 Å². The van der Waals surface area contributed by atoms with Crippen molar-refractivity contribution in [1.82, 2.24) is 20.3 Å². The van der Waals surface area contributed by atoms with Gasteiger partial charge in [-0.1, -0.05) is 18.6 Å². The van der Waals surface area contributed by atoms with Gasteiger partial charge in [0.15, 0.2) is 0 Å². The van der Waals surface area contributed by atoms with E-state index in [0.29, 0.717) is 12.6 Å². The predicted molar refractivity (Wildman–Crippen MR) is 113 cm³/mol. The van der Waals surface area contributed by atoms with Crippen LogP contribution in [0, 0.1) is 0 Å². The summed E-state index contributed by atoms with van der Waals surface area (Å²) in [4.78, 5) is 25.1. The highest BCUT2D eigenvalue weighted by Gasteiger charge is 2.15. The number of carbonyl (C=O) groups is 1. The van der Waals surface area contributed by atoms with E-state index in [2.05, 4.69) is 20.3 Å². The Morgan fingerprint density at radius 3 is 2.93 bits per heavy atom. The number of nitrogens with one attached hydrogen (secondary N) is 1. The molecule has 29 heavy (non-hydrogen) atoms. The fourth-order valence-electron chi connectivity index (χ4n) is 3.45. The van der Waals surface area contributed by atoms with Gasteiger partial charge in [0.1, 0.15) is 16.5 Å². The molecule has 1 amide bonds. The molecule has 1 saturated carbocycles. The second-order valence-corrected chi connectivity index (χ2v) is 8.07. The summed E-state index contributed by atoms with van der Waals surface area (Å²) in [6.07, 6.45) is 11.6. The molecule has 1 aliphatic carbocycles. The van der Waals surface area contributed by atoms with Gasteiger partial charge >= 0.3 is 0 Å². The van der Waals surface area contributed by atoms with Gasteiger partial charge < -0.3 is 10.1 Å². The van der Waals surface area contributed by atoms with Crippen molar-refractivity contribution in [3.05, 3.63) is 59.5 Å². The zero-order valence-corrected chi connectivity index (χ0v) is 17.0. The maximum absolute atomic E-state index is 12.3. The van der Waals surface area contributed by atoms with Crippen molar-refractivity contribution in [2.75, 3.05) is 0 Å². The summed E-state index contributed by atoms with van der Waals surface area (Å²) in [7, 11) is 0. The molecule has 0 bridgehead atoms. The van der Waals surface area contributed by atoms with E-state index in [1.807, 2.05) is 29.6 Å². The number of ether oxygens (including phenoxy) is 1. The van der Waals surface area contributed by atoms with Crippen LogP contribution in [0.15, 0.2) is 48.2 Å². The molecule has 1 aromatic carbocycles. The average molecular weight is 409 g/mol. The Morgan fingerprint density at radius 1 is 1.21 bits per heavy atom. The van der Waals surface area contributed by atoms with Crippen LogP contribution < -0.4 is 10.1 Å². The minimum Gasteiger partial charge on any atom is -0.490 e. The molecule has 2 aromatic heterocycles. The van der Waals surface area contributed by atoms with Crippen LogP contribution in [-0.2, 0) is 17.8 Å². The number of amides is 1. The molecular formula is C22H24N4O2S. The molecule has 3 aromatic rings. The van der Waals surface area contributed by atoms with Crippen LogP contribution in [0.25, 0.3) is 10.7 Å². The van der Waals surface area contributed by atoms with Gasteiger partial charge in [-0.15, -0.1) is 11.3 Å². The normalized spacial score (nSPS) is 14.5. The first kappa shape index (κ1) is 19.5. The van der Waals surface area contributed by atoms with Crippen molar-refractivity contribution in [2.45, 2.75) is 51.2 Å². The molecule has 0 radical (unpaired) electrons. The number of thiazole rings is 1. The summed E-state index contributed by atoms with van der Waals surface area (Å²) in [5.74, 6) is 0.830. The topological polar surface area (TPSA) is 77.0 Å². The maximum atomic E-state index is 12.3. The van der Waals surface area contributed by atoms with Crippen molar-refractivity contribution in [3.8, 4) is 16.5 Å². The summed E-state index contributed by atoms with van der Waals surface area (Å²) in [5, 5.41) is 5.63. The number of rotatable bonds is 7. The largest absolute Gasteiger partial charge is 0.490 e. The average Bonchev–Trinajstić information content (AvgIpc) is 3.22. The van der Waals surface area contributed by atoms with Gasteiger partial charge in [0, 0.05) is 24.3 Å². The van der Waals surface area contributed by atoms with E-state index < -0.39 is 0 Å². The van der Waals surface area contributed by atoms with E-state index in [9.17, 15) is 4.79 Å². The second kappa shape index (κ2) is 9.60. The van der Waals surface area contributed by atoms with E-state index in [4.69, 9.17) is 4.74 Å². The third kappa shape index (κ3) is 5.60. The summed E-state index contributed by atoms with van der Waals surface area (Å²) >= 11 is 1.47. The molecule has 2 heterocycles. The molecule has 6 nitrogen and oxygen atoms in total. The first-order valence-corrected chi connectivity index (χ1v) is 10.9. The Labute approximate surface area is 174 Å². The van der Waals surface area contributed by atoms with Crippen LogP contribution in [0.5, 0.6) is 5.75 Å². The van der Waals surface area contributed by atoms with Gasteiger partial charge in [-0.2, -0.15) is 0 Å². The molecule has 0 unspecified atom stereocenters. The molecule has 1 fully saturated rings. The number of aromatic nitrogens is 3. The first-order chi connectivity index (χ1) is 14.3. The van der Waals surface area contributed by atoms with Crippen LogP contribution in [0.4, 0.5) is 0 Å². The van der Waals surface area contributed by atoms with E-state index in [1.54, 1.807) is 18.6 Å². The van der Waals surface area contributed by atoms with Crippen LogP contribution >= 0.6 is 11.3 Å². The van der Waals surface area contributed by atoms with Crippen molar-refractivity contribution in [1.29, 1.82) is 0 Å². The lowest BCUT2D eigenvalue weighted by molar-refractivity contribution is -0.120. The molecule has 0 saturated heterocycles. The Balaban J connectivity index is 1.28. The van der Waals surface area contributed by atoms with Crippen molar-refractivity contribution < 1.29 is 9.53 Å². The number of hydrogen-bond donors (Lipinski definition) is 1. The van der Waals surface area contributed by atoms with Gasteiger partial charge in [-0.3, -0.25) is 14.8 Å². The fourth-order valence-corrected chi connectivity index (χ4v) is 4.23. The molecule has 7 heteroatoms. The highest BCUT2D eigenvalue weighted by atomic mass is 32.1. The van der Waals surface area contributed by atoms with Crippen molar-refractivity contribution >= 4 is 17.2 Å². The maximum Gasteiger partial charge on any atom is 0.226 e. The lowest BCUT2D eigenvalue weighted by atomic mass is 9.98. The van der Waals surface area contributed by atoms with Crippen molar-refractivity contribution in [2.24, 2.45) is 0 Å². The smallest absolute Gasteiger partial charge is 0.226 e. The predicted octanol–water partition coefficient (Wildman–Crippen LogP) is 4.17. The van der Waals surface area contributed by atoms with Crippen LogP contribution in [-0.4, -0.2) is 27.0 Å². The number of benzene rings is 1. The summed E-state index contributed by atoms with van der Waals surface area (Å²) in [6, 6.07) is 7.99. The highest BCUT2D eigenvalue weighted by Crippen LogP contribution is 2.24. The van der Waals surface area contributed by atoms with Gasteiger partial charge in [-0.05, 0) is 43.4 Å². The SMILES string of the molecule is O=C(Cc1csc(-c2cnccn2)n1)NCc1cccc(OC2CCCCC2)c1. The Kier molecular flexibility index (Phi) is 6.46. The minimum atomic E-state index is -0.0559. The summed E-state index contributed by atoms with van der Waals surface area (Å²) in [6.45, 7) is 0.474. The van der Waals surface area contributed by atoms with Gasteiger partial charge in [0.2, 0.25) is 5.91 Å². The van der Waals surface area contributed by atoms with Crippen LogP contribution in [0.2, 0.25) is 0 Å². The van der Waals surface area contributed by atoms with Crippen LogP contribution in [0.3, 0.4) is 0 Å². The van der Waals surface area contributed by atoms with E-state index in [1.165, 1.54) is 30.6 Å². The summed E-state index contributed by atoms with van der Waals surface area (Å²) in [5.41, 5.74) is 2.49. The lowest BCUT2D eigenvalue weighted by Crippen LogP contribution is -2.24. The second-order valence-electron chi connectivity index (χ2n) is 7.21. The fraction of sp³-hybridized carbons (Fsp3) is 0.364.